The van der Waals surface area contributed by atoms with Crippen molar-refractivity contribution in [3.05, 3.63) is 28.5 Å². The summed E-state index contributed by atoms with van der Waals surface area (Å²) in [6.45, 7) is 1.69. The molecule has 0 amide bonds. The summed E-state index contributed by atoms with van der Waals surface area (Å²) >= 11 is 4.24. The maximum Gasteiger partial charge on any atom is 0.263 e. The van der Waals surface area contributed by atoms with Gasteiger partial charge < -0.3 is 4.74 Å². The van der Waals surface area contributed by atoms with Crippen LogP contribution in [-0.2, 0) is 10.0 Å². The SMILES string of the molecule is COc1ccc(S(=O)(=O)Nc2nc(C)ns2)cc1Br. The Morgan fingerprint density at radius 3 is 2.68 bits per heavy atom. The molecule has 0 fully saturated rings. The fraction of sp³-hybridized carbons (Fsp3) is 0.200. The number of sulfonamides is 1. The molecule has 0 aliphatic heterocycles. The number of methoxy groups -OCH3 is 1. The molecular formula is C10H10BrN3O3S2. The number of hydrogen-bond acceptors (Lipinski definition) is 6. The van der Waals surface area contributed by atoms with Gasteiger partial charge in [0.1, 0.15) is 11.6 Å². The molecule has 102 valence electrons. The minimum atomic E-state index is -3.68. The number of aryl methyl sites for hydroxylation is 1. The van der Waals surface area contributed by atoms with Crippen molar-refractivity contribution in [1.29, 1.82) is 0 Å². The van der Waals surface area contributed by atoms with Gasteiger partial charge >= 0.3 is 0 Å². The van der Waals surface area contributed by atoms with Crippen LogP contribution < -0.4 is 9.46 Å². The highest BCUT2D eigenvalue weighted by molar-refractivity contribution is 9.10. The fourth-order valence-electron chi connectivity index (χ4n) is 1.33. The average molecular weight is 364 g/mol. The van der Waals surface area contributed by atoms with Gasteiger partial charge in [0.2, 0.25) is 5.13 Å². The zero-order valence-corrected chi connectivity index (χ0v) is 13.3. The third-order valence-electron chi connectivity index (χ3n) is 2.18. The smallest absolute Gasteiger partial charge is 0.263 e. The highest BCUT2D eigenvalue weighted by atomic mass is 79.9. The lowest BCUT2D eigenvalue weighted by atomic mass is 10.3. The predicted octanol–water partition coefficient (Wildman–Crippen LogP) is 2.42. The average Bonchev–Trinajstić information content (AvgIpc) is 2.73. The molecule has 0 atom stereocenters. The molecule has 2 rings (SSSR count). The lowest BCUT2D eigenvalue weighted by Gasteiger charge is -2.07. The van der Waals surface area contributed by atoms with Crippen molar-refractivity contribution in [2.24, 2.45) is 0 Å². The van der Waals surface area contributed by atoms with Crippen molar-refractivity contribution in [2.75, 3.05) is 11.8 Å². The Balaban J connectivity index is 2.31. The molecule has 6 nitrogen and oxygen atoms in total. The van der Waals surface area contributed by atoms with Gasteiger partial charge in [-0.25, -0.2) is 13.4 Å². The second-order valence-corrected chi connectivity index (χ2v) is 6.84. The van der Waals surface area contributed by atoms with E-state index in [1.807, 2.05) is 0 Å². The summed E-state index contributed by atoms with van der Waals surface area (Å²) in [5.74, 6) is 1.09. The van der Waals surface area contributed by atoms with E-state index in [0.29, 0.717) is 16.0 Å². The van der Waals surface area contributed by atoms with E-state index in [1.54, 1.807) is 13.0 Å². The van der Waals surface area contributed by atoms with Crippen molar-refractivity contribution in [2.45, 2.75) is 11.8 Å². The molecule has 0 radical (unpaired) electrons. The molecule has 1 aromatic heterocycles. The van der Waals surface area contributed by atoms with Gasteiger partial charge in [0, 0.05) is 11.5 Å². The van der Waals surface area contributed by atoms with Gasteiger partial charge in [0.25, 0.3) is 10.0 Å². The summed E-state index contributed by atoms with van der Waals surface area (Å²) in [5.41, 5.74) is 0. The molecule has 19 heavy (non-hydrogen) atoms. The Morgan fingerprint density at radius 1 is 1.42 bits per heavy atom. The van der Waals surface area contributed by atoms with E-state index >= 15 is 0 Å². The fourth-order valence-corrected chi connectivity index (χ4v) is 3.84. The van der Waals surface area contributed by atoms with Crippen LogP contribution in [0.4, 0.5) is 5.13 Å². The highest BCUT2D eigenvalue weighted by Gasteiger charge is 2.17. The molecule has 0 bridgehead atoms. The number of rotatable bonds is 4. The first kappa shape index (κ1) is 14.2. The summed E-state index contributed by atoms with van der Waals surface area (Å²) in [4.78, 5) is 4.08. The monoisotopic (exact) mass is 363 g/mol. The lowest BCUT2D eigenvalue weighted by Crippen LogP contribution is -2.12. The summed E-state index contributed by atoms with van der Waals surface area (Å²) in [6, 6.07) is 4.50. The molecule has 0 saturated heterocycles. The van der Waals surface area contributed by atoms with Crippen molar-refractivity contribution in [1.82, 2.24) is 9.36 Å². The van der Waals surface area contributed by atoms with Crippen LogP contribution in [0.1, 0.15) is 5.82 Å². The summed E-state index contributed by atoms with van der Waals surface area (Å²) in [7, 11) is -2.16. The molecule has 0 spiro atoms. The van der Waals surface area contributed by atoms with Crippen LogP contribution in [0.15, 0.2) is 27.6 Å². The van der Waals surface area contributed by atoms with E-state index < -0.39 is 10.0 Å². The highest BCUT2D eigenvalue weighted by Crippen LogP contribution is 2.28. The van der Waals surface area contributed by atoms with Crippen LogP contribution in [0.5, 0.6) is 5.75 Å². The molecule has 0 aliphatic carbocycles. The van der Waals surface area contributed by atoms with Gasteiger partial charge in [-0.1, -0.05) is 0 Å². The molecule has 2 aromatic rings. The van der Waals surface area contributed by atoms with Crippen LogP contribution in [0.3, 0.4) is 0 Å². The Bertz CT molecular complexity index is 700. The number of nitrogens with one attached hydrogen (secondary N) is 1. The molecule has 1 N–H and O–H groups in total. The summed E-state index contributed by atoms with van der Waals surface area (Å²) in [5, 5.41) is 0.240. The van der Waals surface area contributed by atoms with Gasteiger partial charge in [-0.05, 0) is 41.1 Å². The maximum absolute atomic E-state index is 12.1. The molecule has 0 saturated carbocycles. The molecular weight excluding hydrogens is 354 g/mol. The lowest BCUT2D eigenvalue weighted by molar-refractivity contribution is 0.411. The second-order valence-electron chi connectivity index (χ2n) is 3.55. The molecule has 0 unspecified atom stereocenters. The first-order valence-corrected chi connectivity index (χ1v) is 8.14. The van der Waals surface area contributed by atoms with Crippen LogP contribution in [0.2, 0.25) is 0 Å². The van der Waals surface area contributed by atoms with Crippen LogP contribution in [0.25, 0.3) is 0 Å². The Morgan fingerprint density at radius 2 is 2.16 bits per heavy atom. The third kappa shape index (κ3) is 3.23. The number of benzene rings is 1. The normalized spacial score (nSPS) is 11.3. The van der Waals surface area contributed by atoms with Crippen LogP contribution in [0, 0.1) is 6.92 Å². The van der Waals surface area contributed by atoms with Crippen LogP contribution in [-0.4, -0.2) is 24.9 Å². The van der Waals surface area contributed by atoms with Gasteiger partial charge in [0.15, 0.2) is 0 Å². The number of halogens is 1. The van der Waals surface area contributed by atoms with Crippen molar-refractivity contribution in [3.63, 3.8) is 0 Å². The molecule has 9 heteroatoms. The van der Waals surface area contributed by atoms with E-state index in [9.17, 15) is 8.42 Å². The van der Waals surface area contributed by atoms with Crippen molar-refractivity contribution >= 4 is 42.6 Å². The molecule has 0 aliphatic rings. The van der Waals surface area contributed by atoms with E-state index in [-0.39, 0.29) is 10.0 Å². The number of anilines is 1. The molecule has 1 aromatic carbocycles. The first-order chi connectivity index (χ1) is 8.92. The summed E-state index contributed by atoms with van der Waals surface area (Å²) < 4.78 is 36.2. The molecule has 1 heterocycles. The Kier molecular flexibility index (Phi) is 4.07. The second kappa shape index (κ2) is 5.43. The van der Waals surface area contributed by atoms with Crippen LogP contribution >= 0.6 is 27.5 Å². The number of nitrogens with zero attached hydrogens (tertiary/aromatic N) is 2. The zero-order chi connectivity index (χ0) is 14.0. The largest absolute Gasteiger partial charge is 0.496 e. The standard InChI is InChI=1S/C10H10BrN3O3S2/c1-6-12-10(18-13-6)14-19(15,16)7-3-4-9(17-2)8(11)5-7/h3-5H,1-2H3,(H,12,13,14). The van der Waals surface area contributed by atoms with Crippen molar-refractivity contribution < 1.29 is 13.2 Å². The first-order valence-electron chi connectivity index (χ1n) is 5.09. The van der Waals surface area contributed by atoms with E-state index in [0.717, 1.165) is 11.5 Å². The van der Waals surface area contributed by atoms with Gasteiger partial charge in [-0.2, -0.15) is 4.37 Å². The van der Waals surface area contributed by atoms with Crippen molar-refractivity contribution in [3.8, 4) is 5.75 Å². The number of ether oxygens (including phenoxy) is 1. The summed E-state index contributed by atoms with van der Waals surface area (Å²) in [6.07, 6.45) is 0. The number of aromatic nitrogens is 2. The van der Waals surface area contributed by atoms with Gasteiger partial charge in [0.05, 0.1) is 16.5 Å². The topological polar surface area (TPSA) is 81.2 Å². The predicted molar refractivity (Wildman–Crippen MR) is 76.1 cm³/mol. The Labute approximate surface area is 123 Å². The maximum atomic E-state index is 12.1. The van der Waals surface area contributed by atoms with Gasteiger partial charge in [-0.15, -0.1) is 0 Å². The minimum absolute atomic E-state index is 0.119. The Hall–Kier alpha value is -1.19. The van der Waals surface area contributed by atoms with E-state index in [1.165, 1.54) is 19.2 Å². The van der Waals surface area contributed by atoms with E-state index in [4.69, 9.17) is 4.74 Å². The zero-order valence-electron chi connectivity index (χ0n) is 10.0. The quantitative estimate of drug-likeness (QED) is 0.901. The third-order valence-corrected chi connectivity index (χ3v) is 4.99. The number of hydrogen-bond donors (Lipinski definition) is 1. The van der Waals surface area contributed by atoms with E-state index in [2.05, 4.69) is 30.0 Å². The van der Waals surface area contributed by atoms with Gasteiger partial charge in [-0.3, -0.25) is 4.72 Å². The minimum Gasteiger partial charge on any atom is -0.496 e.